The number of amides is 2. The van der Waals surface area contributed by atoms with Gasteiger partial charge in [-0.1, -0.05) is 6.07 Å². The van der Waals surface area contributed by atoms with Gasteiger partial charge in [-0.05, 0) is 62.4 Å². The lowest BCUT2D eigenvalue weighted by Crippen LogP contribution is -2.41. The third kappa shape index (κ3) is 5.90. The fraction of sp³-hybridized carbons (Fsp3) is 0.368. The minimum absolute atomic E-state index is 0.176. The van der Waals surface area contributed by atoms with Gasteiger partial charge in [0, 0.05) is 35.6 Å². The van der Waals surface area contributed by atoms with E-state index in [-0.39, 0.29) is 11.8 Å². The van der Waals surface area contributed by atoms with Crippen LogP contribution in [0.1, 0.15) is 41.9 Å². The first-order valence-electron chi connectivity index (χ1n) is 8.60. The lowest BCUT2D eigenvalue weighted by molar-refractivity contribution is -0.121. The van der Waals surface area contributed by atoms with Crippen LogP contribution >= 0.6 is 11.3 Å². The van der Waals surface area contributed by atoms with Crippen molar-refractivity contribution in [3.8, 4) is 0 Å². The first-order valence-corrected chi connectivity index (χ1v) is 9.48. The molecule has 0 bridgehead atoms. The number of hydrazine groups is 1. The SMILES string of the molecule is CCN(CC)c1ccc(C(=O)NNC(=O)CCCc2cccs2)cc1. The summed E-state index contributed by atoms with van der Waals surface area (Å²) in [5.74, 6) is -0.484. The van der Waals surface area contributed by atoms with E-state index in [2.05, 4.69) is 35.7 Å². The van der Waals surface area contributed by atoms with Crippen LogP contribution in [-0.4, -0.2) is 24.9 Å². The standard InChI is InChI=1S/C19H25N3O2S/c1-3-22(4-2)16-12-10-15(11-13-16)19(24)21-20-18(23)9-5-7-17-8-6-14-25-17/h6,8,10-14H,3-5,7,9H2,1-2H3,(H,20,23)(H,21,24). The van der Waals surface area contributed by atoms with Crippen LogP contribution < -0.4 is 15.8 Å². The summed E-state index contributed by atoms with van der Waals surface area (Å²) in [4.78, 5) is 27.4. The zero-order chi connectivity index (χ0) is 18.1. The first kappa shape index (κ1) is 19.0. The van der Waals surface area contributed by atoms with E-state index < -0.39 is 0 Å². The Labute approximate surface area is 153 Å². The maximum absolute atomic E-state index is 12.1. The van der Waals surface area contributed by atoms with Gasteiger partial charge in [0.15, 0.2) is 0 Å². The molecule has 0 fully saturated rings. The average molecular weight is 359 g/mol. The molecule has 1 heterocycles. The number of anilines is 1. The molecule has 0 atom stereocenters. The summed E-state index contributed by atoms with van der Waals surface area (Å²) >= 11 is 1.69. The summed E-state index contributed by atoms with van der Waals surface area (Å²) < 4.78 is 0. The number of benzene rings is 1. The Morgan fingerprint density at radius 1 is 1.04 bits per heavy atom. The molecule has 2 amide bonds. The summed E-state index contributed by atoms with van der Waals surface area (Å²) in [6, 6.07) is 11.4. The van der Waals surface area contributed by atoms with Gasteiger partial charge in [0.25, 0.3) is 5.91 Å². The molecule has 1 aromatic heterocycles. The van der Waals surface area contributed by atoms with Crippen molar-refractivity contribution in [1.82, 2.24) is 10.9 Å². The van der Waals surface area contributed by atoms with Crippen LogP contribution in [-0.2, 0) is 11.2 Å². The lowest BCUT2D eigenvalue weighted by Gasteiger charge is -2.21. The van der Waals surface area contributed by atoms with Crippen molar-refractivity contribution in [2.45, 2.75) is 33.1 Å². The first-order chi connectivity index (χ1) is 12.1. The van der Waals surface area contributed by atoms with Gasteiger partial charge >= 0.3 is 0 Å². The molecule has 0 radical (unpaired) electrons. The number of thiophene rings is 1. The van der Waals surface area contributed by atoms with Gasteiger partial charge in [-0.3, -0.25) is 20.4 Å². The summed E-state index contributed by atoms with van der Waals surface area (Å²) in [6.45, 7) is 6.03. The number of nitrogens with zero attached hydrogens (tertiary/aromatic N) is 1. The van der Waals surface area contributed by atoms with Crippen molar-refractivity contribution in [3.63, 3.8) is 0 Å². The molecule has 0 saturated heterocycles. The summed E-state index contributed by atoms with van der Waals surface area (Å²) in [7, 11) is 0. The van der Waals surface area contributed by atoms with Crippen molar-refractivity contribution < 1.29 is 9.59 Å². The lowest BCUT2D eigenvalue weighted by atomic mass is 10.2. The predicted molar refractivity (Wildman–Crippen MR) is 103 cm³/mol. The quantitative estimate of drug-likeness (QED) is 0.710. The zero-order valence-corrected chi connectivity index (χ0v) is 15.6. The smallest absolute Gasteiger partial charge is 0.269 e. The van der Waals surface area contributed by atoms with Crippen molar-refractivity contribution in [2.75, 3.05) is 18.0 Å². The van der Waals surface area contributed by atoms with Crippen LogP contribution in [0.15, 0.2) is 41.8 Å². The Balaban J connectivity index is 1.74. The molecule has 0 aliphatic heterocycles. The Morgan fingerprint density at radius 2 is 1.76 bits per heavy atom. The van der Waals surface area contributed by atoms with Gasteiger partial charge in [-0.25, -0.2) is 0 Å². The van der Waals surface area contributed by atoms with E-state index in [1.807, 2.05) is 23.6 Å². The highest BCUT2D eigenvalue weighted by Gasteiger charge is 2.09. The average Bonchev–Trinajstić information content (AvgIpc) is 3.15. The molecule has 2 aromatic rings. The normalized spacial score (nSPS) is 10.3. The second-order valence-corrected chi connectivity index (χ2v) is 6.69. The van der Waals surface area contributed by atoms with Gasteiger partial charge in [0.05, 0.1) is 0 Å². The highest BCUT2D eigenvalue weighted by molar-refractivity contribution is 7.09. The molecule has 5 nitrogen and oxygen atoms in total. The molecule has 0 aliphatic carbocycles. The second kappa shape index (κ2) is 9.84. The van der Waals surface area contributed by atoms with Crippen LogP contribution in [0, 0.1) is 0 Å². The molecule has 134 valence electrons. The van der Waals surface area contributed by atoms with E-state index in [0.717, 1.165) is 31.6 Å². The maximum Gasteiger partial charge on any atom is 0.269 e. The number of hydrogen-bond donors (Lipinski definition) is 2. The van der Waals surface area contributed by atoms with Crippen molar-refractivity contribution in [2.24, 2.45) is 0 Å². The van der Waals surface area contributed by atoms with Crippen molar-refractivity contribution in [3.05, 3.63) is 52.2 Å². The van der Waals surface area contributed by atoms with E-state index in [4.69, 9.17) is 0 Å². The molecule has 2 rings (SSSR count). The molecule has 25 heavy (non-hydrogen) atoms. The molecule has 0 saturated carbocycles. The summed E-state index contributed by atoms with van der Waals surface area (Å²) in [5, 5.41) is 2.03. The van der Waals surface area contributed by atoms with Crippen molar-refractivity contribution >= 4 is 28.8 Å². The molecule has 2 N–H and O–H groups in total. The number of carbonyl (C=O) groups is 2. The fourth-order valence-corrected chi connectivity index (χ4v) is 3.30. The van der Waals surface area contributed by atoms with E-state index in [1.165, 1.54) is 4.88 Å². The Bertz CT molecular complexity index is 664. The summed E-state index contributed by atoms with van der Waals surface area (Å²) in [5.41, 5.74) is 6.55. The van der Waals surface area contributed by atoms with E-state index >= 15 is 0 Å². The minimum atomic E-state index is -0.308. The van der Waals surface area contributed by atoms with E-state index in [9.17, 15) is 9.59 Å². The van der Waals surface area contributed by atoms with Gasteiger partial charge < -0.3 is 4.90 Å². The van der Waals surface area contributed by atoms with Gasteiger partial charge in [-0.15, -0.1) is 11.3 Å². The Hall–Kier alpha value is -2.34. The van der Waals surface area contributed by atoms with Crippen LogP contribution in [0.25, 0.3) is 0 Å². The van der Waals surface area contributed by atoms with Crippen LogP contribution in [0.2, 0.25) is 0 Å². The van der Waals surface area contributed by atoms with E-state index in [1.54, 1.807) is 23.5 Å². The van der Waals surface area contributed by atoms with Crippen LogP contribution in [0.5, 0.6) is 0 Å². The largest absolute Gasteiger partial charge is 0.372 e. The molecule has 0 spiro atoms. The van der Waals surface area contributed by atoms with Crippen molar-refractivity contribution in [1.29, 1.82) is 0 Å². The molecule has 6 heteroatoms. The molecular formula is C19H25N3O2S. The topological polar surface area (TPSA) is 61.4 Å². The highest BCUT2D eigenvalue weighted by atomic mass is 32.1. The van der Waals surface area contributed by atoms with E-state index in [0.29, 0.717) is 12.0 Å². The molecule has 1 aromatic carbocycles. The number of carbonyl (C=O) groups excluding carboxylic acids is 2. The minimum Gasteiger partial charge on any atom is -0.372 e. The third-order valence-corrected chi connectivity index (χ3v) is 4.92. The molecule has 0 aliphatic rings. The Morgan fingerprint density at radius 3 is 2.36 bits per heavy atom. The number of rotatable bonds is 8. The molecular weight excluding hydrogens is 334 g/mol. The molecule has 0 unspecified atom stereocenters. The number of aryl methyl sites for hydroxylation is 1. The number of nitrogens with one attached hydrogen (secondary N) is 2. The highest BCUT2D eigenvalue weighted by Crippen LogP contribution is 2.15. The van der Waals surface area contributed by atoms with Gasteiger partial charge in [-0.2, -0.15) is 0 Å². The zero-order valence-electron chi connectivity index (χ0n) is 14.7. The number of hydrogen-bond acceptors (Lipinski definition) is 4. The predicted octanol–water partition coefficient (Wildman–Crippen LogP) is 3.38. The Kier molecular flexibility index (Phi) is 7.47. The summed E-state index contributed by atoms with van der Waals surface area (Å²) in [6.07, 6.45) is 2.03. The monoisotopic (exact) mass is 359 g/mol. The fourth-order valence-electron chi connectivity index (χ4n) is 2.55. The third-order valence-electron chi connectivity index (χ3n) is 3.98. The maximum atomic E-state index is 12.1. The van der Waals surface area contributed by atoms with Gasteiger partial charge in [0.1, 0.15) is 0 Å². The second-order valence-electron chi connectivity index (χ2n) is 5.65. The van der Waals surface area contributed by atoms with Gasteiger partial charge in [0.2, 0.25) is 5.91 Å². The van der Waals surface area contributed by atoms with Crippen LogP contribution in [0.4, 0.5) is 5.69 Å². The van der Waals surface area contributed by atoms with Crippen LogP contribution in [0.3, 0.4) is 0 Å².